The first-order valence-corrected chi connectivity index (χ1v) is 9.05. The number of hydrogen-bond acceptors (Lipinski definition) is 0. The zero-order valence-corrected chi connectivity index (χ0v) is 15.9. The van der Waals surface area contributed by atoms with Crippen molar-refractivity contribution in [3.8, 4) is 0 Å². The summed E-state index contributed by atoms with van der Waals surface area (Å²) in [5.41, 5.74) is 5.78. The van der Waals surface area contributed by atoms with Gasteiger partial charge >= 0.3 is 0 Å². The van der Waals surface area contributed by atoms with E-state index in [9.17, 15) is 0 Å². The maximum absolute atomic E-state index is 2.55. The maximum atomic E-state index is 2.55. The number of aryl methyl sites for hydroxylation is 1. The number of para-hydroxylation sites is 1. The number of hydrogen-bond donors (Lipinski definition) is 0. The van der Waals surface area contributed by atoms with Crippen molar-refractivity contribution in [2.75, 3.05) is 0 Å². The molecular formula is C23H30N+. The normalized spacial score (nSPS) is 22.7. The summed E-state index contributed by atoms with van der Waals surface area (Å²) in [4.78, 5) is 0. The Morgan fingerprint density at radius 3 is 2.21 bits per heavy atom. The molecule has 0 aliphatic carbocycles. The first-order valence-electron chi connectivity index (χ1n) is 9.05. The Morgan fingerprint density at radius 1 is 0.917 bits per heavy atom. The van der Waals surface area contributed by atoms with E-state index in [1.165, 1.54) is 22.4 Å². The van der Waals surface area contributed by atoms with Crippen molar-refractivity contribution in [2.24, 2.45) is 0 Å². The van der Waals surface area contributed by atoms with Gasteiger partial charge in [-0.2, -0.15) is 4.58 Å². The van der Waals surface area contributed by atoms with Gasteiger partial charge in [0.15, 0.2) is 11.8 Å². The van der Waals surface area contributed by atoms with E-state index in [0.29, 0.717) is 5.92 Å². The average molecular weight is 321 g/mol. The second kappa shape index (κ2) is 5.88. The Bertz CT molecular complexity index is 768. The fraction of sp³-hybridized carbons (Fsp3) is 0.435. The Kier molecular flexibility index (Phi) is 4.15. The summed E-state index contributed by atoms with van der Waals surface area (Å²) < 4.78 is 2.55. The highest BCUT2D eigenvalue weighted by Crippen LogP contribution is 2.43. The van der Waals surface area contributed by atoms with Crippen LogP contribution in [0.4, 0.5) is 5.69 Å². The van der Waals surface area contributed by atoms with Crippen LogP contribution < -0.4 is 0 Å². The first kappa shape index (κ1) is 17.0. The molecule has 0 N–H and O–H groups in total. The molecule has 1 heteroatoms. The third kappa shape index (κ3) is 2.81. The van der Waals surface area contributed by atoms with Crippen LogP contribution in [-0.2, 0) is 5.41 Å². The highest BCUT2D eigenvalue weighted by Gasteiger charge is 2.50. The molecule has 0 saturated heterocycles. The monoisotopic (exact) mass is 320 g/mol. The molecule has 1 aliphatic heterocycles. The zero-order valence-electron chi connectivity index (χ0n) is 15.9. The third-order valence-corrected chi connectivity index (χ3v) is 5.43. The molecule has 1 atom stereocenters. The van der Waals surface area contributed by atoms with Crippen molar-refractivity contribution in [2.45, 2.75) is 64.8 Å². The average Bonchev–Trinajstić information content (AvgIpc) is 2.78. The van der Waals surface area contributed by atoms with Gasteiger partial charge in [0.1, 0.15) is 0 Å². The van der Waals surface area contributed by atoms with Gasteiger partial charge in [-0.25, -0.2) is 0 Å². The van der Waals surface area contributed by atoms with Gasteiger partial charge in [0.05, 0.1) is 5.41 Å². The van der Waals surface area contributed by atoms with E-state index in [1.807, 2.05) is 0 Å². The second-order valence-electron chi connectivity index (χ2n) is 8.44. The van der Waals surface area contributed by atoms with Crippen LogP contribution in [0.2, 0.25) is 0 Å². The Balaban J connectivity index is 2.19. The van der Waals surface area contributed by atoms with Crippen LogP contribution in [0.5, 0.6) is 0 Å². The molecule has 1 aliphatic rings. The topological polar surface area (TPSA) is 3.01 Å². The van der Waals surface area contributed by atoms with Gasteiger partial charge in [-0.3, -0.25) is 0 Å². The van der Waals surface area contributed by atoms with Crippen molar-refractivity contribution in [3.63, 3.8) is 0 Å². The fourth-order valence-electron chi connectivity index (χ4n) is 4.33. The molecule has 0 fully saturated rings. The lowest BCUT2D eigenvalue weighted by Crippen LogP contribution is -2.31. The molecule has 126 valence electrons. The van der Waals surface area contributed by atoms with Gasteiger partial charge < -0.3 is 0 Å². The molecule has 2 aromatic rings. The summed E-state index contributed by atoms with van der Waals surface area (Å²) >= 11 is 0. The van der Waals surface area contributed by atoms with Gasteiger partial charge in [-0.05, 0) is 25.3 Å². The highest BCUT2D eigenvalue weighted by molar-refractivity contribution is 5.73. The SMILES string of the molecule is Cc1cccc(C(C)C)c1[N+]1=C[C@@](C)(c2ccccc2)CC1(C)C. The Morgan fingerprint density at radius 2 is 1.58 bits per heavy atom. The minimum atomic E-state index is 0.0707. The summed E-state index contributed by atoms with van der Waals surface area (Å²) in [6.07, 6.45) is 3.59. The smallest absolute Gasteiger partial charge is 0.197 e. The summed E-state index contributed by atoms with van der Waals surface area (Å²) in [7, 11) is 0. The molecule has 24 heavy (non-hydrogen) atoms. The third-order valence-electron chi connectivity index (χ3n) is 5.43. The molecule has 0 radical (unpaired) electrons. The van der Waals surface area contributed by atoms with Gasteiger partial charge in [0, 0.05) is 31.4 Å². The van der Waals surface area contributed by atoms with E-state index in [2.05, 4.69) is 101 Å². The number of rotatable bonds is 3. The molecule has 2 aromatic carbocycles. The van der Waals surface area contributed by atoms with Gasteiger partial charge in [0.2, 0.25) is 5.69 Å². The zero-order chi connectivity index (χ0) is 17.5. The lowest BCUT2D eigenvalue weighted by molar-refractivity contribution is -0.512. The largest absolute Gasteiger partial charge is 0.211 e. The predicted octanol–water partition coefficient (Wildman–Crippen LogP) is 5.97. The van der Waals surface area contributed by atoms with E-state index < -0.39 is 0 Å². The summed E-state index contributed by atoms with van der Waals surface area (Å²) in [5.74, 6) is 0.521. The predicted molar refractivity (Wildman–Crippen MR) is 104 cm³/mol. The van der Waals surface area contributed by atoms with Crippen molar-refractivity contribution >= 4 is 11.9 Å². The summed E-state index contributed by atoms with van der Waals surface area (Å²) in [6, 6.07) is 17.6. The van der Waals surface area contributed by atoms with Gasteiger partial charge in [-0.15, -0.1) is 0 Å². The summed E-state index contributed by atoms with van der Waals surface area (Å²) in [6.45, 7) is 13.9. The van der Waals surface area contributed by atoms with E-state index in [4.69, 9.17) is 0 Å². The Hall–Kier alpha value is -1.89. The highest BCUT2D eigenvalue weighted by atomic mass is 15.1. The second-order valence-corrected chi connectivity index (χ2v) is 8.44. The van der Waals surface area contributed by atoms with Gasteiger partial charge in [0.25, 0.3) is 0 Å². The molecule has 0 unspecified atom stereocenters. The van der Waals surface area contributed by atoms with E-state index in [1.54, 1.807) is 0 Å². The van der Waals surface area contributed by atoms with Crippen LogP contribution >= 0.6 is 0 Å². The molecule has 1 heterocycles. The van der Waals surface area contributed by atoms with Crippen LogP contribution in [0.1, 0.15) is 63.6 Å². The standard InChI is InChI=1S/C23H30N/c1-17(2)20-14-10-11-18(3)21(20)24-16-23(6,15-22(24,4)5)19-12-8-7-9-13-19/h7-14,16-17H,15H2,1-6H3/q+1/t23-/m0/s1. The van der Waals surface area contributed by atoms with Crippen LogP contribution in [0.15, 0.2) is 48.5 Å². The minimum Gasteiger partial charge on any atom is -0.197 e. The van der Waals surface area contributed by atoms with Crippen molar-refractivity contribution < 1.29 is 4.58 Å². The summed E-state index contributed by atoms with van der Waals surface area (Å²) in [5, 5.41) is 0. The molecule has 3 rings (SSSR count). The maximum Gasteiger partial charge on any atom is 0.211 e. The van der Waals surface area contributed by atoms with Gasteiger partial charge in [-0.1, -0.05) is 62.4 Å². The quantitative estimate of drug-likeness (QED) is 0.613. The van der Waals surface area contributed by atoms with Crippen LogP contribution in [0.25, 0.3) is 0 Å². The molecule has 0 spiro atoms. The van der Waals surface area contributed by atoms with Crippen LogP contribution in [-0.4, -0.2) is 16.3 Å². The molecule has 0 aromatic heterocycles. The molecule has 0 saturated carbocycles. The molecule has 0 bridgehead atoms. The lowest BCUT2D eigenvalue weighted by atomic mass is 9.77. The number of nitrogens with zero attached hydrogens (tertiary/aromatic N) is 1. The van der Waals surface area contributed by atoms with E-state index in [-0.39, 0.29) is 11.0 Å². The molecular weight excluding hydrogens is 290 g/mol. The van der Waals surface area contributed by atoms with E-state index in [0.717, 1.165) is 6.42 Å². The molecule has 0 amide bonds. The molecule has 1 nitrogen and oxygen atoms in total. The van der Waals surface area contributed by atoms with Crippen molar-refractivity contribution in [1.82, 2.24) is 0 Å². The van der Waals surface area contributed by atoms with Crippen LogP contribution in [0.3, 0.4) is 0 Å². The van der Waals surface area contributed by atoms with Crippen LogP contribution in [0, 0.1) is 6.92 Å². The van der Waals surface area contributed by atoms with Crippen molar-refractivity contribution in [1.29, 1.82) is 0 Å². The minimum absolute atomic E-state index is 0.0707. The van der Waals surface area contributed by atoms with E-state index >= 15 is 0 Å². The lowest BCUT2D eigenvalue weighted by Gasteiger charge is -2.23. The Labute approximate surface area is 147 Å². The van der Waals surface area contributed by atoms with Crippen molar-refractivity contribution in [3.05, 3.63) is 65.2 Å². The fourth-order valence-corrected chi connectivity index (χ4v) is 4.33. The number of benzene rings is 2. The first-order chi connectivity index (χ1) is 11.2.